The van der Waals surface area contributed by atoms with E-state index in [1.807, 2.05) is 0 Å². The highest BCUT2D eigenvalue weighted by atomic mass is 31.2. The molecule has 1 atom stereocenters. The highest BCUT2D eigenvalue weighted by molar-refractivity contribution is 7.51. The van der Waals surface area contributed by atoms with Gasteiger partial charge >= 0.3 is 13.6 Å². The number of benzene rings is 1. The van der Waals surface area contributed by atoms with E-state index >= 15 is 0 Å². The molecule has 1 aromatic rings. The van der Waals surface area contributed by atoms with Crippen molar-refractivity contribution in [3.63, 3.8) is 0 Å². The molecule has 6 nitrogen and oxygen atoms in total. The van der Waals surface area contributed by atoms with Crippen LogP contribution < -0.4 is 5.32 Å². The fourth-order valence-electron chi connectivity index (χ4n) is 1.29. The highest BCUT2D eigenvalue weighted by Gasteiger charge is 2.20. The molecule has 108 valence electrons. The normalized spacial score (nSPS) is 12.3. The third-order valence-corrected chi connectivity index (χ3v) is 2.84. The Balaban J connectivity index is 2.67. The van der Waals surface area contributed by atoms with Gasteiger partial charge in [0.15, 0.2) is 0 Å². The number of carboxylic acid groups (broad SMARTS) is 1. The van der Waals surface area contributed by atoms with Crippen LogP contribution in [0.4, 0.5) is 4.39 Å². The molecule has 0 aliphatic rings. The summed E-state index contributed by atoms with van der Waals surface area (Å²) < 4.78 is 23.9. The smallest absolute Gasteiger partial charge is 0.339 e. The van der Waals surface area contributed by atoms with E-state index in [-0.39, 0.29) is 12.0 Å². The monoisotopic (exact) mass is 301 g/mol. The summed E-state index contributed by atoms with van der Waals surface area (Å²) >= 11 is 0. The molecule has 0 fully saturated rings. The molecule has 0 aromatic heterocycles. The Bertz CT molecular complexity index is 589. The van der Waals surface area contributed by atoms with E-state index in [0.717, 1.165) is 0 Å². The average molecular weight is 301 g/mol. The summed E-state index contributed by atoms with van der Waals surface area (Å²) in [6.07, 6.45) is -0.963. The standard InChI is InChI=1S/C12H13FNO5P/c13-10-6-2-1-4-9(10)5-3-7-11(12(15)16)14-8-20(17,18)19/h1-2,4,6,11,14H,7-8H2,(H,15,16)(H2,17,18,19)/t11-/m0/s1. The van der Waals surface area contributed by atoms with E-state index in [2.05, 4.69) is 17.2 Å². The lowest BCUT2D eigenvalue weighted by Crippen LogP contribution is -2.36. The minimum atomic E-state index is -4.34. The zero-order valence-electron chi connectivity index (χ0n) is 10.3. The first-order valence-corrected chi connectivity index (χ1v) is 7.33. The van der Waals surface area contributed by atoms with Crippen molar-refractivity contribution in [1.29, 1.82) is 0 Å². The average Bonchev–Trinajstić information content (AvgIpc) is 2.34. The van der Waals surface area contributed by atoms with Gasteiger partial charge in [-0.3, -0.25) is 14.7 Å². The van der Waals surface area contributed by atoms with Crippen molar-refractivity contribution in [3.8, 4) is 11.8 Å². The minimum absolute atomic E-state index is 0.131. The Labute approximate surface area is 114 Å². The molecule has 0 aliphatic carbocycles. The van der Waals surface area contributed by atoms with Crippen LogP contribution in [0.5, 0.6) is 0 Å². The molecule has 0 unspecified atom stereocenters. The topological polar surface area (TPSA) is 107 Å². The molecule has 0 radical (unpaired) electrons. The number of aliphatic carboxylic acids is 1. The van der Waals surface area contributed by atoms with Crippen LogP contribution in [0.25, 0.3) is 0 Å². The van der Waals surface area contributed by atoms with E-state index in [1.165, 1.54) is 18.2 Å². The molecule has 0 saturated heterocycles. The molecular weight excluding hydrogens is 288 g/mol. The van der Waals surface area contributed by atoms with Gasteiger partial charge in [-0.2, -0.15) is 0 Å². The molecule has 1 aromatic carbocycles. The Morgan fingerprint density at radius 1 is 1.40 bits per heavy atom. The van der Waals surface area contributed by atoms with Gasteiger partial charge in [0.2, 0.25) is 0 Å². The number of halogens is 1. The summed E-state index contributed by atoms with van der Waals surface area (Å²) in [5, 5.41) is 11.1. The first-order chi connectivity index (χ1) is 9.29. The van der Waals surface area contributed by atoms with E-state index in [9.17, 15) is 13.8 Å². The Morgan fingerprint density at radius 3 is 2.60 bits per heavy atom. The Hall–Kier alpha value is -1.71. The van der Waals surface area contributed by atoms with Gasteiger partial charge in [0.05, 0.1) is 11.8 Å². The predicted octanol–water partition coefficient (Wildman–Crippen LogP) is 0.745. The molecular formula is C12H13FNO5P. The molecule has 4 N–H and O–H groups in total. The number of carbonyl (C=O) groups is 1. The number of hydrogen-bond donors (Lipinski definition) is 4. The summed E-state index contributed by atoms with van der Waals surface area (Å²) in [4.78, 5) is 28.2. The van der Waals surface area contributed by atoms with E-state index in [4.69, 9.17) is 14.9 Å². The van der Waals surface area contributed by atoms with Gasteiger partial charge in [-0.25, -0.2) is 4.39 Å². The van der Waals surface area contributed by atoms with Crippen LogP contribution in [-0.4, -0.2) is 33.2 Å². The second kappa shape index (κ2) is 7.17. The Morgan fingerprint density at radius 2 is 2.05 bits per heavy atom. The lowest BCUT2D eigenvalue weighted by molar-refractivity contribution is -0.139. The number of hydrogen-bond acceptors (Lipinski definition) is 3. The zero-order valence-corrected chi connectivity index (χ0v) is 11.2. The predicted molar refractivity (Wildman–Crippen MR) is 69.4 cm³/mol. The maximum absolute atomic E-state index is 13.2. The maximum Gasteiger partial charge on any atom is 0.339 e. The van der Waals surface area contributed by atoms with Gasteiger partial charge in [0, 0.05) is 6.42 Å². The number of carboxylic acids is 1. The third kappa shape index (κ3) is 5.95. The van der Waals surface area contributed by atoms with Crippen molar-refractivity contribution in [3.05, 3.63) is 35.6 Å². The van der Waals surface area contributed by atoms with E-state index in [0.29, 0.717) is 0 Å². The van der Waals surface area contributed by atoms with Crippen LogP contribution in [0.2, 0.25) is 0 Å². The zero-order chi connectivity index (χ0) is 15.2. The molecule has 0 aliphatic heterocycles. The first kappa shape index (κ1) is 16.3. The second-order valence-electron chi connectivity index (χ2n) is 3.90. The first-order valence-electron chi connectivity index (χ1n) is 5.54. The molecule has 0 heterocycles. The largest absolute Gasteiger partial charge is 0.480 e. The van der Waals surface area contributed by atoms with Crippen LogP contribution in [0.15, 0.2) is 24.3 Å². The van der Waals surface area contributed by atoms with E-state index in [1.54, 1.807) is 6.07 Å². The second-order valence-corrected chi connectivity index (χ2v) is 5.55. The van der Waals surface area contributed by atoms with Gasteiger partial charge < -0.3 is 14.9 Å². The van der Waals surface area contributed by atoms with Crippen molar-refractivity contribution >= 4 is 13.6 Å². The van der Waals surface area contributed by atoms with Gasteiger partial charge in [0.1, 0.15) is 11.9 Å². The molecule has 20 heavy (non-hydrogen) atoms. The van der Waals surface area contributed by atoms with Crippen LogP contribution in [0.1, 0.15) is 12.0 Å². The van der Waals surface area contributed by atoms with E-state index < -0.39 is 31.7 Å². The number of nitrogens with one attached hydrogen (secondary N) is 1. The molecule has 1 rings (SSSR count). The van der Waals surface area contributed by atoms with Crippen molar-refractivity contribution in [1.82, 2.24) is 5.32 Å². The van der Waals surface area contributed by atoms with Crippen molar-refractivity contribution in [2.75, 3.05) is 6.29 Å². The van der Waals surface area contributed by atoms with Crippen LogP contribution in [-0.2, 0) is 9.36 Å². The van der Waals surface area contributed by atoms with Crippen LogP contribution >= 0.6 is 7.60 Å². The van der Waals surface area contributed by atoms with Gasteiger partial charge in [-0.05, 0) is 12.1 Å². The maximum atomic E-state index is 13.2. The summed E-state index contributed by atoms with van der Waals surface area (Å²) in [6.45, 7) is 0. The summed E-state index contributed by atoms with van der Waals surface area (Å²) in [7, 11) is -4.34. The molecule has 8 heteroatoms. The molecule has 0 spiro atoms. The Kier molecular flexibility index (Phi) is 5.86. The molecule has 0 bridgehead atoms. The van der Waals surface area contributed by atoms with Crippen LogP contribution in [0.3, 0.4) is 0 Å². The lowest BCUT2D eigenvalue weighted by Gasteiger charge is -2.11. The van der Waals surface area contributed by atoms with Gasteiger partial charge in [0.25, 0.3) is 0 Å². The van der Waals surface area contributed by atoms with Crippen molar-refractivity contribution in [2.45, 2.75) is 12.5 Å². The van der Waals surface area contributed by atoms with Crippen molar-refractivity contribution < 1.29 is 28.6 Å². The highest BCUT2D eigenvalue weighted by Crippen LogP contribution is 2.32. The fourth-order valence-corrected chi connectivity index (χ4v) is 1.75. The van der Waals surface area contributed by atoms with Crippen LogP contribution in [0, 0.1) is 17.7 Å². The van der Waals surface area contributed by atoms with Gasteiger partial charge in [-0.15, -0.1) is 0 Å². The fraction of sp³-hybridized carbons (Fsp3) is 0.250. The minimum Gasteiger partial charge on any atom is -0.480 e. The molecule has 0 saturated carbocycles. The van der Waals surface area contributed by atoms with Crippen molar-refractivity contribution in [2.24, 2.45) is 0 Å². The quantitative estimate of drug-likeness (QED) is 0.472. The summed E-state index contributed by atoms with van der Waals surface area (Å²) in [6, 6.07) is 4.53. The number of rotatable bonds is 5. The van der Waals surface area contributed by atoms with Gasteiger partial charge in [-0.1, -0.05) is 24.0 Å². The molecule has 0 amide bonds. The summed E-state index contributed by atoms with van der Waals surface area (Å²) in [5.74, 6) is 3.14. The summed E-state index contributed by atoms with van der Waals surface area (Å²) in [5.41, 5.74) is 0.131. The third-order valence-electron chi connectivity index (χ3n) is 2.24. The SMILES string of the molecule is O=C(O)[C@H](CC#Cc1ccccc1F)NCP(=O)(O)O. The lowest BCUT2D eigenvalue weighted by atomic mass is 10.2.